The molecule has 14 heavy (non-hydrogen) atoms. The minimum absolute atomic E-state index is 0.639. The zero-order valence-corrected chi connectivity index (χ0v) is 9.11. The largest absolute Gasteiger partial charge is 0.297 e. The van der Waals surface area contributed by atoms with Crippen molar-refractivity contribution in [2.75, 3.05) is 7.05 Å². The molecule has 1 saturated heterocycles. The van der Waals surface area contributed by atoms with Crippen LogP contribution >= 0.6 is 0 Å². The van der Waals surface area contributed by atoms with E-state index in [0.29, 0.717) is 6.04 Å². The zero-order chi connectivity index (χ0) is 9.97. The normalized spacial score (nSPS) is 29.0. The second-order valence-corrected chi connectivity index (χ2v) is 4.37. The lowest BCUT2D eigenvalue weighted by Gasteiger charge is -2.38. The van der Waals surface area contributed by atoms with E-state index in [0.717, 1.165) is 6.04 Å². The summed E-state index contributed by atoms with van der Waals surface area (Å²) in [5.74, 6) is 0. The van der Waals surface area contributed by atoms with Crippen LogP contribution in [0.25, 0.3) is 0 Å². The number of rotatable bonds is 1. The molecule has 1 aromatic rings. The highest BCUT2D eigenvalue weighted by atomic mass is 15.2. The van der Waals surface area contributed by atoms with Gasteiger partial charge < -0.3 is 0 Å². The summed E-state index contributed by atoms with van der Waals surface area (Å²) in [6.07, 6.45) is 4.02. The molecule has 1 heteroatoms. The van der Waals surface area contributed by atoms with Crippen LogP contribution in [0.2, 0.25) is 0 Å². The van der Waals surface area contributed by atoms with Gasteiger partial charge in [-0.15, -0.1) is 0 Å². The zero-order valence-electron chi connectivity index (χ0n) is 9.11. The van der Waals surface area contributed by atoms with Gasteiger partial charge in [-0.2, -0.15) is 0 Å². The molecule has 1 nitrogen and oxygen atoms in total. The Morgan fingerprint density at radius 2 is 1.86 bits per heavy atom. The third kappa shape index (κ3) is 1.83. The standard InChI is InChI=1S/C13H19N/c1-11-7-6-10-13(14(11)2)12-8-4-3-5-9-12/h3-5,8-9,11,13H,6-7,10H2,1-2H3. The number of benzene rings is 1. The van der Waals surface area contributed by atoms with Gasteiger partial charge >= 0.3 is 0 Å². The van der Waals surface area contributed by atoms with Gasteiger partial charge in [0.25, 0.3) is 0 Å². The molecule has 0 N–H and O–H groups in total. The second kappa shape index (κ2) is 4.14. The first-order chi connectivity index (χ1) is 6.79. The third-order valence-corrected chi connectivity index (χ3v) is 3.47. The van der Waals surface area contributed by atoms with Crippen molar-refractivity contribution in [1.82, 2.24) is 4.90 Å². The maximum Gasteiger partial charge on any atom is 0.0347 e. The summed E-state index contributed by atoms with van der Waals surface area (Å²) in [6.45, 7) is 2.33. The van der Waals surface area contributed by atoms with E-state index in [9.17, 15) is 0 Å². The summed E-state index contributed by atoms with van der Waals surface area (Å²) in [5.41, 5.74) is 1.47. The highest BCUT2D eigenvalue weighted by molar-refractivity contribution is 5.19. The summed E-state index contributed by atoms with van der Waals surface area (Å²) in [7, 11) is 2.25. The fraction of sp³-hybridized carbons (Fsp3) is 0.538. The molecule has 0 radical (unpaired) electrons. The average Bonchev–Trinajstić information content (AvgIpc) is 2.23. The summed E-state index contributed by atoms with van der Waals surface area (Å²) in [4.78, 5) is 2.51. The fourth-order valence-corrected chi connectivity index (χ4v) is 2.40. The summed E-state index contributed by atoms with van der Waals surface area (Å²) < 4.78 is 0. The molecule has 2 atom stereocenters. The molecule has 0 spiro atoms. The lowest BCUT2D eigenvalue weighted by Crippen LogP contribution is -2.36. The van der Waals surface area contributed by atoms with Gasteiger partial charge in [-0.05, 0) is 32.4 Å². The van der Waals surface area contributed by atoms with Crippen LogP contribution < -0.4 is 0 Å². The number of piperidine rings is 1. The lowest BCUT2D eigenvalue weighted by molar-refractivity contribution is 0.126. The molecule has 1 aromatic carbocycles. The van der Waals surface area contributed by atoms with Crippen molar-refractivity contribution in [1.29, 1.82) is 0 Å². The topological polar surface area (TPSA) is 3.24 Å². The Bertz CT molecular complexity index is 281. The first kappa shape index (κ1) is 9.72. The van der Waals surface area contributed by atoms with Crippen LogP contribution in [0.15, 0.2) is 30.3 Å². The van der Waals surface area contributed by atoms with Gasteiger partial charge in [0.05, 0.1) is 0 Å². The predicted molar refractivity (Wildman–Crippen MR) is 60.3 cm³/mol. The van der Waals surface area contributed by atoms with E-state index < -0.39 is 0 Å². The third-order valence-electron chi connectivity index (χ3n) is 3.47. The van der Waals surface area contributed by atoms with Crippen molar-refractivity contribution in [2.45, 2.75) is 38.3 Å². The highest BCUT2D eigenvalue weighted by Crippen LogP contribution is 2.32. The van der Waals surface area contributed by atoms with Crippen molar-refractivity contribution >= 4 is 0 Å². The van der Waals surface area contributed by atoms with E-state index in [-0.39, 0.29) is 0 Å². The molecule has 0 saturated carbocycles. The number of nitrogens with zero attached hydrogens (tertiary/aromatic N) is 1. The average molecular weight is 189 g/mol. The molecule has 0 aromatic heterocycles. The molecule has 1 heterocycles. The van der Waals surface area contributed by atoms with E-state index in [1.54, 1.807) is 0 Å². The molecular weight excluding hydrogens is 170 g/mol. The van der Waals surface area contributed by atoms with Crippen LogP contribution in [-0.4, -0.2) is 18.0 Å². The molecule has 1 aliphatic rings. The maximum absolute atomic E-state index is 2.51. The molecule has 2 rings (SSSR count). The van der Waals surface area contributed by atoms with Crippen LogP contribution in [0, 0.1) is 0 Å². The van der Waals surface area contributed by atoms with E-state index in [2.05, 4.69) is 49.2 Å². The van der Waals surface area contributed by atoms with Crippen LogP contribution in [0.4, 0.5) is 0 Å². The maximum atomic E-state index is 2.51. The summed E-state index contributed by atoms with van der Waals surface area (Å²) in [5, 5.41) is 0. The quantitative estimate of drug-likeness (QED) is 0.655. The minimum atomic E-state index is 0.639. The second-order valence-electron chi connectivity index (χ2n) is 4.37. The minimum Gasteiger partial charge on any atom is -0.297 e. The summed E-state index contributed by atoms with van der Waals surface area (Å²) in [6, 6.07) is 12.2. The number of likely N-dealkylation sites (tertiary alicyclic amines) is 1. The molecule has 0 bridgehead atoms. The van der Waals surface area contributed by atoms with Gasteiger partial charge in [0.2, 0.25) is 0 Å². The van der Waals surface area contributed by atoms with Crippen LogP contribution in [0.5, 0.6) is 0 Å². The van der Waals surface area contributed by atoms with E-state index >= 15 is 0 Å². The Kier molecular flexibility index (Phi) is 2.87. The van der Waals surface area contributed by atoms with Crippen LogP contribution in [0.3, 0.4) is 0 Å². The number of hydrogen-bond donors (Lipinski definition) is 0. The lowest BCUT2D eigenvalue weighted by atomic mass is 9.92. The van der Waals surface area contributed by atoms with Gasteiger partial charge in [0, 0.05) is 12.1 Å². The first-order valence-corrected chi connectivity index (χ1v) is 5.56. The molecular formula is C13H19N. The number of hydrogen-bond acceptors (Lipinski definition) is 1. The SMILES string of the molecule is CC1CCCC(c2ccccc2)N1C. The van der Waals surface area contributed by atoms with Crippen LogP contribution in [0.1, 0.15) is 37.8 Å². The molecule has 2 unspecified atom stereocenters. The van der Waals surface area contributed by atoms with Crippen molar-refractivity contribution < 1.29 is 0 Å². The Labute approximate surface area is 86.7 Å². The Hall–Kier alpha value is -0.820. The van der Waals surface area contributed by atoms with E-state index in [1.807, 2.05) is 0 Å². The van der Waals surface area contributed by atoms with Crippen molar-refractivity contribution in [3.63, 3.8) is 0 Å². The van der Waals surface area contributed by atoms with Crippen LogP contribution in [-0.2, 0) is 0 Å². The Morgan fingerprint density at radius 1 is 1.14 bits per heavy atom. The van der Waals surface area contributed by atoms with E-state index in [4.69, 9.17) is 0 Å². The molecule has 1 aliphatic heterocycles. The summed E-state index contributed by atoms with van der Waals surface area (Å²) >= 11 is 0. The molecule has 1 fully saturated rings. The Balaban J connectivity index is 2.17. The van der Waals surface area contributed by atoms with Gasteiger partial charge in [-0.3, -0.25) is 4.90 Å². The van der Waals surface area contributed by atoms with Gasteiger partial charge in [0.1, 0.15) is 0 Å². The fourth-order valence-electron chi connectivity index (χ4n) is 2.40. The molecule has 0 amide bonds. The highest BCUT2D eigenvalue weighted by Gasteiger charge is 2.25. The van der Waals surface area contributed by atoms with E-state index in [1.165, 1.54) is 24.8 Å². The Morgan fingerprint density at radius 3 is 2.57 bits per heavy atom. The predicted octanol–water partition coefficient (Wildman–Crippen LogP) is 3.23. The van der Waals surface area contributed by atoms with Crippen molar-refractivity contribution in [2.24, 2.45) is 0 Å². The smallest absolute Gasteiger partial charge is 0.0347 e. The van der Waals surface area contributed by atoms with Gasteiger partial charge in [0.15, 0.2) is 0 Å². The first-order valence-electron chi connectivity index (χ1n) is 5.56. The molecule has 76 valence electrons. The van der Waals surface area contributed by atoms with Gasteiger partial charge in [-0.1, -0.05) is 36.8 Å². The molecule has 0 aliphatic carbocycles. The van der Waals surface area contributed by atoms with Crippen molar-refractivity contribution in [3.8, 4) is 0 Å². The monoisotopic (exact) mass is 189 g/mol. The van der Waals surface area contributed by atoms with Crippen molar-refractivity contribution in [3.05, 3.63) is 35.9 Å². The van der Waals surface area contributed by atoms with Gasteiger partial charge in [-0.25, -0.2) is 0 Å².